The van der Waals surface area contributed by atoms with Crippen molar-refractivity contribution >= 4 is 34.1 Å². The van der Waals surface area contributed by atoms with Crippen LogP contribution in [-0.4, -0.2) is 39.5 Å². The average Bonchev–Trinajstić information content (AvgIpc) is 3.19. The van der Waals surface area contributed by atoms with Gasteiger partial charge in [0, 0.05) is 13.1 Å². The summed E-state index contributed by atoms with van der Waals surface area (Å²) in [6.07, 6.45) is -4.49. The van der Waals surface area contributed by atoms with E-state index in [1.165, 1.54) is 23.5 Å². The minimum absolute atomic E-state index is 0.125. The van der Waals surface area contributed by atoms with Crippen molar-refractivity contribution in [1.29, 1.82) is 0 Å². The number of halogens is 4. The summed E-state index contributed by atoms with van der Waals surface area (Å²) >= 11 is 2.22. The number of rotatable bonds is 9. The van der Waals surface area contributed by atoms with E-state index in [2.05, 4.69) is 15.5 Å². The molecule has 0 aliphatic carbocycles. The van der Waals surface area contributed by atoms with Gasteiger partial charge in [-0.05, 0) is 23.3 Å². The first kappa shape index (κ1) is 23.0. The second-order valence-electron chi connectivity index (χ2n) is 6.49. The number of anilines is 1. The number of benzene rings is 2. The Morgan fingerprint density at radius 1 is 1.03 bits per heavy atom. The molecule has 0 atom stereocenters. The standard InChI is InChI=1S/C20H18F4N4OS2/c21-16-8-6-14(7-9-16)10-25-18-26-27-19(31-18)30-12-17(29)28(13-20(22,23)24)11-15-4-2-1-3-5-15/h1-9H,10-13H2,(H,25,26). The number of thioether (sulfide) groups is 1. The number of aromatic nitrogens is 2. The lowest BCUT2D eigenvalue weighted by Gasteiger charge is -2.23. The predicted octanol–water partition coefficient (Wildman–Crippen LogP) is 4.97. The molecule has 0 unspecified atom stereocenters. The Morgan fingerprint density at radius 3 is 2.42 bits per heavy atom. The zero-order chi connectivity index (χ0) is 22.3. The average molecular weight is 471 g/mol. The Hall–Kier alpha value is -2.66. The summed E-state index contributed by atoms with van der Waals surface area (Å²) < 4.78 is 52.2. The van der Waals surface area contributed by atoms with E-state index in [1.807, 2.05) is 0 Å². The van der Waals surface area contributed by atoms with Crippen molar-refractivity contribution in [2.24, 2.45) is 0 Å². The Morgan fingerprint density at radius 2 is 1.74 bits per heavy atom. The highest BCUT2D eigenvalue weighted by Gasteiger charge is 2.33. The summed E-state index contributed by atoms with van der Waals surface area (Å²) in [7, 11) is 0. The molecule has 2 aromatic carbocycles. The predicted molar refractivity (Wildman–Crippen MR) is 112 cm³/mol. The number of hydrogen-bond acceptors (Lipinski definition) is 6. The molecule has 1 aromatic heterocycles. The van der Waals surface area contributed by atoms with Crippen LogP contribution in [0, 0.1) is 5.82 Å². The smallest absolute Gasteiger partial charge is 0.356 e. The Kier molecular flexibility index (Phi) is 7.85. The van der Waals surface area contributed by atoms with Gasteiger partial charge in [-0.3, -0.25) is 4.79 Å². The number of nitrogens with one attached hydrogen (secondary N) is 1. The molecule has 31 heavy (non-hydrogen) atoms. The van der Waals surface area contributed by atoms with Gasteiger partial charge in [-0.2, -0.15) is 13.2 Å². The number of amides is 1. The van der Waals surface area contributed by atoms with Crippen LogP contribution in [0.15, 0.2) is 58.9 Å². The van der Waals surface area contributed by atoms with Crippen LogP contribution < -0.4 is 5.32 Å². The molecule has 0 aliphatic rings. The van der Waals surface area contributed by atoms with Gasteiger partial charge >= 0.3 is 6.18 Å². The third-order valence-corrected chi connectivity index (χ3v) is 6.02. The third-order valence-electron chi connectivity index (χ3n) is 4.02. The highest BCUT2D eigenvalue weighted by Crippen LogP contribution is 2.27. The number of nitrogens with zero attached hydrogens (tertiary/aromatic N) is 3. The van der Waals surface area contributed by atoms with Crippen molar-refractivity contribution in [3.63, 3.8) is 0 Å². The molecule has 1 amide bonds. The van der Waals surface area contributed by atoms with Gasteiger partial charge in [0.25, 0.3) is 0 Å². The lowest BCUT2D eigenvalue weighted by Crippen LogP contribution is -2.39. The number of carbonyl (C=O) groups excluding carboxylic acids is 1. The van der Waals surface area contributed by atoms with Crippen LogP contribution in [0.3, 0.4) is 0 Å². The monoisotopic (exact) mass is 470 g/mol. The zero-order valence-electron chi connectivity index (χ0n) is 16.1. The van der Waals surface area contributed by atoms with Crippen molar-refractivity contribution in [3.05, 3.63) is 71.5 Å². The molecule has 164 valence electrons. The van der Waals surface area contributed by atoms with E-state index in [1.54, 1.807) is 42.5 Å². The van der Waals surface area contributed by atoms with Crippen LogP contribution in [0.2, 0.25) is 0 Å². The quantitative estimate of drug-likeness (QED) is 0.353. The van der Waals surface area contributed by atoms with E-state index in [0.717, 1.165) is 22.2 Å². The topological polar surface area (TPSA) is 58.1 Å². The van der Waals surface area contributed by atoms with Crippen molar-refractivity contribution in [3.8, 4) is 0 Å². The maximum atomic E-state index is 12.9. The Labute approximate surface area is 184 Å². The fourth-order valence-corrected chi connectivity index (χ4v) is 4.24. The molecule has 3 rings (SSSR count). The molecule has 0 spiro atoms. The van der Waals surface area contributed by atoms with Gasteiger partial charge in [0.2, 0.25) is 11.0 Å². The number of alkyl halides is 3. The van der Waals surface area contributed by atoms with E-state index in [9.17, 15) is 22.4 Å². The van der Waals surface area contributed by atoms with Gasteiger partial charge < -0.3 is 10.2 Å². The van der Waals surface area contributed by atoms with Gasteiger partial charge in [-0.1, -0.05) is 65.6 Å². The fourth-order valence-electron chi connectivity index (χ4n) is 2.59. The third kappa shape index (κ3) is 7.83. The second kappa shape index (κ2) is 10.6. The van der Waals surface area contributed by atoms with Crippen LogP contribution >= 0.6 is 23.1 Å². The minimum Gasteiger partial charge on any atom is -0.356 e. The molecule has 1 heterocycles. The van der Waals surface area contributed by atoms with Gasteiger partial charge in [0.05, 0.1) is 5.75 Å². The normalized spacial score (nSPS) is 11.4. The molecule has 0 fully saturated rings. The molecular formula is C20H18F4N4OS2. The molecule has 0 saturated carbocycles. The van der Waals surface area contributed by atoms with Crippen molar-refractivity contribution in [2.45, 2.75) is 23.6 Å². The van der Waals surface area contributed by atoms with Crippen LogP contribution in [0.25, 0.3) is 0 Å². The molecule has 0 saturated heterocycles. The molecule has 0 radical (unpaired) electrons. The lowest BCUT2D eigenvalue weighted by molar-refractivity contribution is -0.160. The minimum atomic E-state index is -4.49. The maximum absolute atomic E-state index is 12.9. The SMILES string of the molecule is O=C(CSc1nnc(NCc2ccc(F)cc2)s1)N(Cc1ccccc1)CC(F)(F)F. The van der Waals surface area contributed by atoms with Gasteiger partial charge in [0.15, 0.2) is 4.34 Å². The molecule has 11 heteroatoms. The van der Waals surface area contributed by atoms with E-state index in [-0.39, 0.29) is 18.1 Å². The first-order valence-electron chi connectivity index (χ1n) is 9.11. The Balaban J connectivity index is 1.54. The largest absolute Gasteiger partial charge is 0.406 e. The molecule has 5 nitrogen and oxygen atoms in total. The molecular weight excluding hydrogens is 452 g/mol. The van der Waals surface area contributed by atoms with Crippen molar-refractivity contribution in [2.75, 3.05) is 17.6 Å². The summed E-state index contributed by atoms with van der Waals surface area (Å²) in [5.41, 5.74) is 1.47. The summed E-state index contributed by atoms with van der Waals surface area (Å²) in [6, 6.07) is 14.5. The highest BCUT2D eigenvalue weighted by molar-refractivity contribution is 8.01. The molecule has 1 N–H and O–H groups in total. The fraction of sp³-hybridized carbons (Fsp3) is 0.250. The van der Waals surface area contributed by atoms with E-state index in [4.69, 9.17) is 0 Å². The van der Waals surface area contributed by atoms with Gasteiger partial charge in [0.1, 0.15) is 12.4 Å². The first-order valence-corrected chi connectivity index (χ1v) is 10.9. The summed E-state index contributed by atoms with van der Waals surface area (Å²) in [5, 5.41) is 11.4. The summed E-state index contributed by atoms with van der Waals surface area (Å²) in [6.45, 7) is -1.03. The van der Waals surface area contributed by atoms with Gasteiger partial charge in [-0.15, -0.1) is 10.2 Å². The van der Waals surface area contributed by atoms with E-state index in [0.29, 0.717) is 21.6 Å². The molecule has 0 bridgehead atoms. The van der Waals surface area contributed by atoms with Crippen molar-refractivity contribution < 1.29 is 22.4 Å². The second-order valence-corrected chi connectivity index (χ2v) is 8.69. The van der Waals surface area contributed by atoms with Crippen LogP contribution in [0.5, 0.6) is 0 Å². The highest BCUT2D eigenvalue weighted by atomic mass is 32.2. The molecule has 3 aromatic rings. The van der Waals surface area contributed by atoms with Crippen LogP contribution in [0.1, 0.15) is 11.1 Å². The van der Waals surface area contributed by atoms with Crippen LogP contribution in [0.4, 0.5) is 22.7 Å². The number of hydrogen-bond donors (Lipinski definition) is 1. The summed E-state index contributed by atoms with van der Waals surface area (Å²) in [5.74, 6) is -1.15. The van der Waals surface area contributed by atoms with Crippen molar-refractivity contribution in [1.82, 2.24) is 15.1 Å². The van der Waals surface area contributed by atoms with Crippen LogP contribution in [-0.2, 0) is 17.9 Å². The lowest BCUT2D eigenvalue weighted by atomic mass is 10.2. The first-order chi connectivity index (χ1) is 14.8. The summed E-state index contributed by atoms with van der Waals surface area (Å²) in [4.78, 5) is 13.2. The van der Waals surface area contributed by atoms with E-state index >= 15 is 0 Å². The zero-order valence-corrected chi connectivity index (χ0v) is 17.7. The van der Waals surface area contributed by atoms with E-state index < -0.39 is 18.6 Å². The Bertz CT molecular complexity index is 981. The maximum Gasteiger partial charge on any atom is 0.406 e. The number of carbonyl (C=O) groups is 1. The molecule has 0 aliphatic heterocycles. The van der Waals surface area contributed by atoms with Gasteiger partial charge in [-0.25, -0.2) is 4.39 Å².